The van der Waals surface area contributed by atoms with Crippen molar-refractivity contribution in [2.75, 3.05) is 52.5 Å². The maximum Gasteiger partial charge on any atom is 0.0718 e. The zero-order valence-electron chi connectivity index (χ0n) is 12.7. The second-order valence-electron chi connectivity index (χ2n) is 6.94. The number of hydrogen-bond donors (Lipinski definition) is 1. The van der Waals surface area contributed by atoms with Gasteiger partial charge in [-0.3, -0.25) is 0 Å². The van der Waals surface area contributed by atoms with Crippen LogP contribution in [0.2, 0.25) is 0 Å². The summed E-state index contributed by atoms with van der Waals surface area (Å²) in [5.74, 6) is 1.26. The fourth-order valence-electron chi connectivity index (χ4n) is 3.95. The van der Waals surface area contributed by atoms with Crippen molar-refractivity contribution < 1.29 is 9.84 Å². The van der Waals surface area contributed by atoms with Crippen LogP contribution in [-0.4, -0.2) is 73.5 Å². The van der Waals surface area contributed by atoms with Gasteiger partial charge in [0, 0.05) is 25.6 Å². The highest BCUT2D eigenvalue weighted by Crippen LogP contribution is 2.23. The molecule has 3 aliphatic rings. The smallest absolute Gasteiger partial charge is 0.0718 e. The lowest BCUT2D eigenvalue weighted by atomic mass is 9.95. The van der Waals surface area contributed by atoms with Crippen molar-refractivity contribution in [2.45, 2.75) is 38.2 Å². The highest BCUT2D eigenvalue weighted by atomic mass is 16.5. The van der Waals surface area contributed by atoms with Crippen molar-refractivity contribution in [3.63, 3.8) is 0 Å². The average molecular weight is 282 g/mol. The third kappa shape index (κ3) is 3.94. The number of hydrogen-bond acceptors (Lipinski definition) is 4. The van der Waals surface area contributed by atoms with Crippen LogP contribution in [0, 0.1) is 11.8 Å². The van der Waals surface area contributed by atoms with Crippen LogP contribution in [0.3, 0.4) is 0 Å². The number of β-amino-alcohol motifs (C(OH)–C–C–N with tert-alkyl or cyclic N) is 1. The van der Waals surface area contributed by atoms with E-state index in [1.807, 2.05) is 0 Å². The van der Waals surface area contributed by atoms with Gasteiger partial charge in [-0.15, -0.1) is 0 Å². The van der Waals surface area contributed by atoms with Crippen molar-refractivity contribution >= 4 is 0 Å². The maximum atomic E-state index is 10.3. The zero-order chi connectivity index (χ0) is 13.8. The second kappa shape index (κ2) is 7.21. The van der Waals surface area contributed by atoms with Gasteiger partial charge in [-0.25, -0.2) is 0 Å². The van der Waals surface area contributed by atoms with Gasteiger partial charge in [0.05, 0.1) is 12.7 Å². The van der Waals surface area contributed by atoms with Crippen LogP contribution < -0.4 is 0 Å². The van der Waals surface area contributed by atoms with Gasteiger partial charge in [-0.1, -0.05) is 0 Å². The summed E-state index contributed by atoms with van der Waals surface area (Å²) >= 11 is 0. The Morgan fingerprint density at radius 2 is 1.75 bits per heavy atom. The molecule has 3 aliphatic heterocycles. The van der Waals surface area contributed by atoms with Gasteiger partial charge in [0.1, 0.15) is 0 Å². The Bertz CT molecular complexity index is 280. The van der Waals surface area contributed by atoms with Crippen molar-refractivity contribution in [2.24, 2.45) is 11.8 Å². The molecule has 0 aliphatic carbocycles. The molecule has 3 rings (SSSR count). The third-order valence-corrected chi connectivity index (χ3v) is 5.38. The van der Waals surface area contributed by atoms with Crippen LogP contribution in [0.5, 0.6) is 0 Å². The second-order valence-corrected chi connectivity index (χ2v) is 6.94. The van der Waals surface area contributed by atoms with Crippen molar-refractivity contribution in [1.82, 2.24) is 9.80 Å². The van der Waals surface area contributed by atoms with Gasteiger partial charge in [0.25, 0.3) is 0 Å². The number of nitrogens with zero attached hydrogens (tertiary/aromatic N) is 2. The monoisotopic (exact) mass is 282 g/mol. The quantitative estimate of drug-likeness (QED) is 0.822. The minimum atomic E-state index is -0.187. The molecule has 3 heterocycles. The van der Waals surface area contributed by atoms with E-state index < -0.39 is 0 Å². The molecule has 0 amide bonds. The highest BCUT2D eigenvalue weighted by Gasteiger charge is 2.28. The van der Waals surface area contributed by atoms with Crippen LogP contribution in [0.25, 0.3) is 0 Å². The van der Waals surface area contributed by atoms with Crippen LogP contribution in [0.4, 0.5) is 0 Å². The molecular weight excluding hydrogens is 252 g/mol. The van der Waals surface area contributed by atoms with Gasteiger partial charge in [-0.2, -0.15) is 0 Å². The Hall–Kier alpha value is -0.160. The molecule has 2 unspecified atom stereocenters. The fourth-order valence-corrected chi connectivity index (χ4v) is 3.95. The first-order chi connectivity index (χ1) is 9.81. The number of likely N-dealkylation sites (tertiary alicyclic amines) is 2. The molecule has 0 aromatic rings. The molecule has 2 atom stereocenters. The summed E-state index contributed by atoms with van der Waals surface area (Å²) in [6.45, 7) is 8.73. The van der Waals surface area contributed by atoms with E-state index in [4.69, 9.17) is 4.74 Å². The van der Waals surface area contributed by atoms with E-state index in [0.717, 1.165) is 32.1 Å². The van der Waals surface area contributed by atoms with Gasteiger partial charge in [-0.05, 0) is 64.2 Å². The van der Waals surface area contributed by atoms with E-state index in [1.54, 1.807) is 0 Å². The lowest BCUT2D eigenvalue weighted by Gasteiger charge is -2.35. The first-order valence-corrected chi connectivity index (χ1v) is 8.52. The summed E-state index contributed by atoms with van der Waals surface area (Å²) in [5, 5.41) is 10.3. The summed E-state index contributed by atoms with van der Waals surface area (Å²) in [5.41, 5.74) is 0. The molecule has 4 nitrogen and oxygen atoms in total. The van der Waals surface area contributed by atoms with Gasteiger partial charge < -0.3 is 19.6 Å². The van der Waals surface area contributed by atoms with E-state index in [1.165, 1.54) is 58.4 Å². The van der Waals surface area contributed by atoms with E-state index in [0.29, 0.717) is 5.92 Å². The first kappa shape index (κ1) is 14.8. The van der Waals surface area contributed by atoms with E-state index >= 15 is 0 Å². The van der Waals surface area contributed by atoms with Gasteiger partial charge >= 0.3 is 0 Å². The summed E-state index contributed by atoms with van der Waals surface area (Å²) < 4.78 is 5.37. The van der Waals surface area contributed by atoms with Crippen LogP contribution in [-0.2, 0) is 4.74 Å². The third-order valence-electron chi connectivity index (χ3n) is 5.38. The maximum absolute atomic E-state index is 10.3. The molecule has 0 radical (unpaired) electrons. The summed E-state index contributed by atoms with van der Waals surface area (Å²) in [4.78, 5) is 5.11. The molecule has 0 spiro atoms. The molecule has 20 heavy (non-hydrogen) atoms. The average Bonchev–Trinajstić information content (AvgIpc) is 3.13. The molecular formula is C16H30N2O2. The topological polar surface area (TPSA) is 35.9 Å². The zero-order valence-corrected chi connectivity index (χ0v) is 12.7. The predicted molar refractivity (Wildman–Crippen MR) is 79.8 cm³/mol. The molecule has 116 valence electrons. The Labute approximate surface area is 123 Å². The number of ether oxygens (including phenoxy) is 1. The van der Waals surface area contributed by atoms with E-state index in [9.17, 15) is 5.11 Å². The highest BCUT2D eigenvalue weighted by molar-refractivity contribution is 4.81. The SMILES string of the molecule is OC(CN1CCC(CN2CCCC2)CC1)C1CCOC1. The van der Waals surface area contributed by atoms with Gasteiger partial charge in [0.2, 0.25) is 0 Å². The Morgan fingerprint density at radius 3 is 2.40 bits per heavy atom. The van der Waals surface area contributed by atoms with Crippen LogP contribution >= 0.6 is 0 Å². The van der Waals surface area contributed by atoms with Crippen LogP contribution in [0.15, 0.2) is 0 Å². The number of aliphatic hydroxyl groups is 1. The van der Waals surface area contributed by atoms with Gasteiger partial charge in [0.15, 0.2) is 0 Å². The molecule has 0 bridgehead atoms. The summed E-state index contributed by atoms with van der Waals surface area (Å²) in [6.07, 6.45) is 6.26. The van der Waals surface area contributed by atoms with Crippen molar-refractivity contribution in [3.05, 3.63) is 0 Å². The Balaban J connectivity index is 1.35. The minimum Gasteiger partial charge on any atom is -0.391 e. The molecule has 0 saturated carbocycles. The molecule has 4 heteroatoms. The summed E-state index contributed by atoms with van der Waals surface area (Å²) in [7, 11) is 0. The van der Waals surface area contributed by atoms with E-state index in [-0.39, 0.29) is 6.10 Å². The molecule has 3 saturated heterocycles. The minimum absolute atomic E-state index is 0.187. The van der Waals surface area contributed by atoms with Crippen LogP contribution in [0.1, 0.15) is 32.1 Å². The number of rotatable bonds is 5. The van der Waals surface area contributed by atoms with Crippen molar-refractivity contribution in [1.29, 1.82) is 0 Å². The number of aliphatic hydroxyl groups excluding tert-OH is 1. The molecule has 3 fully saturated rings. The lowest BCUT2D eigenvalue weighted by Crippen LogP contribution is -2.43. The van der Waals surface area contributed by atoms with E-state index in [2.05, 4.69) is 9.80 Å². The largest absolute Gasteiger partial charge is 0.391 e. The standard InChI is InChI=1S/C16H30N2O2/c19-16(15-5-10-20-13-15)12-18-8-3-14(4-9-18)11-17-6-1-2-7-17/h14-16,19H,1-13H2. The number of piperidine rings is 1. The molecule has 0 aromatic heterocycles. The lowest BCUT2D eigenvalue weighted by molar-refractivity contribution is 0.0417. The summed E-state index contributed by atoms with van der Waals surface area (Å²) in [6, 6.07) is 0. The first-order valence-electron chi connectivity index (χ1n) is 8.52. The predicted octanol–water partition coefficient (Wildman–Crippen LogP) is 1.19. The Kier molecular flexibility index (Phi) is 5.32. The van der Waals surface area contributed by atoms with Crippen molar-refractivity contribution in [3.8, 4) is 0 Å². The normalized spacial score (nSPS) is 31.9. The fraction of sp³-hybridized carbons (Fsp3) is 1.00. The Morgan fingerprint density at radius 1 is 1.00 bits per heavy atom. The molecule has 0 aromatic carbocycles. The molecule has 1 N–H and O–H groups in total.